The second-order valence-electron chi connectivity index (χ2n) is 9.94. The fourth-order valence-electron chi connectivity index (χ4n) is 8.15. The van der Waals surface area contributed by atoms with E-state index < -0.39 is 0 Å². The van der Waals surface area contributed by atoms with Crippen LogP contribution in [-0.4, -0.2) is 16.1 Å². The Morgan fingerprint density at radius 3 is 2.57 bits per heavy atom. The zero-order chi connectivity index (χ0) is 19.3. The second-order valence-corrected chi connectivity index (χ2v) is 9.94. The number of hydrogen-bond donors (Lipinski definition) is 1. The van der Waals surface area contributed by atoms with Gasteiger partial charge in [0.2, 0.25) is 0 Å². The molecule has 0 bridgehead atoms. The van der Waals surface area contributed by atoms with Crippen LogP contribution in [0.4, 0.5) is 4.39 Å². The van der Waals surface area contributed by atoms with Crippen LogP contribution in [0.25, 0.3) is 5.70 Å². The maximum absolute atomic E-state index is 14.8. The maximum Gasteiger partial charge on any atom is 0.258 e. The largest absolute Gasteiger partial charge is 0.386 e. The minimum absolute atomic E-state index is 0.131. The molecule has 5 aliphatic carbocycles. The first-order valence-electron chi connectivity index (χ1n) is 10.9. The number of allylic oxidation sites excluding steroid dienone is 4. The average molecular weight is 381 g/mol. The molecule has 1 heterocycles. The predicted octanol–water partition coefficient (Wildman–Crippen LogP) is 4.09. The Morgan fingerprint density at radius 2 is 1.96 bits per heavy atom. The molecule has 2 unspecified atom stereocenters. The van der Waals surface area contributed by atoms with Gasteiger partial charge in [0.05, 0.1) is 0 Å². The van der Waals surface area contributed by atoms with Gasteiger partial charge < -0.3 is 5.32 Å². The monoisotopic (exact) mass is 381 g/mol. The topological polar surface area (TPSA) is 46.9 Å². The van der Waals surface area contributed by atoms with Crippen molar-refractivity contribution in [2.24, 2.45) is 28.6 Å². The van der Waals surface area contributed by atoms with Crippen LogP contribution < -0.4 is 10.9 Å². The molecule has 28 heavy (non-hydrogen) atoms. The van der Waals surface area contributed by atoms with Crippen molar-refractivity contribution in [2.45, 2.75) is 58.8 Å². The van der Waals surface area contributed by atoms with Crippen LogP contribution >= 0.6 is 0 Å². The van der Waals surface area contributed by atoms with E-state index >= 15 is 0 Å². The highest BCUT2D eigenvalue weighted by molar-refractivity contribution is 5.54. The summed E-state index contributed by atoms with van der Waals surface area (Å²) in [5, 5.41) is 3.40. The molecule has 0 amide bonds. The van der Waals surface area contributed by atoms with E-state index in [-0.39, 0.29) is 11.4 Å². The van der Waals surface area contributed by atoms with Gasteiger partial charge >= 0.3 is 0 Å². The summed E-state index contributed by atoms with van der Waals surface area (Å²) in [6.07, 6.45) is 9.82. The van der Waals surface area contributed by atoms with E-state index in [4.69, 9.17) is 0 Å². The van der Waals surface area contributed by atoms with Crippen LogP contribution in [0.5, 0.6) is 0 Å². The molecule has 1 aromatic rings. The van der Waals surface area contributed by atoms with Crippen LogP contribution in [0, 0.1) is 42.4 Å². The predicted molar refractivity (Wildman–Crippen MR) is 106 cm³/mol. The van der Waals surface area contributed by atoms with Crippen molar-refractivity contribution in [3.63, 3.8) is 0 Å². The second kappa shape index (κ2) is 5.37. The summed E-state index contributed by atoms with van der Waals surface area (Å²) < 4.78 is 16.3. The van der Waals surface area contributed by atoms with E-state index in [1.807, 2.05) is 0 Å². The Balaban J connectivity index is 1.15. The van der Waals surface area contributed by atoms with E-state index in [0.29, 0.717) is 41.2 Å². The summed E-state index contributed by atoms with van der Waals surface area (Å²) in [5.41, 5.74) is 3.32. The first-order chi connectivity index (χ1) is 13.4. The lowest BCUT2D eigenvalue weighted by Gasteiger charge is -2.91. The lowest BCUT2D eigenvalue weighted by Crippen LogP contribution is -2.85. The zero-order valence-electron chi connectivity index (χ0n) is 16.7. The SMILES string of the molecule is Cc1cc(=O)n(C2=CC(F)=C(NCCC34CC5CC6CC(C3)C654)CC2)c(C)n1. The number of nitrogens with zero attached hydrogens (tertiary/aromatic N) is 2. The number of halogens is 1. The van der Waals surface area contributed by atoms with E-state index in [1.165, 1.54) is 48.8 Å². The summed E-state index contributed by atoms with van der Waals surface area (Å²) >= 11 is 0. The Bertz CT molecular complexity index is 978. The van der Waals surface area contributed by atoms with E-state index in [0.717, 1.165) is 29.7 Å². The Kier molecular flexibility index (Phi) is 3.26. The highest BCUT2D eigenvalue weighted by atomic mass is 19.1. The third-order valence-electron chi connectivity index (χ3n) is 9.01. The molecule has 4 saturated carbocycles. The van der Waals surface area contributed by atoms with Crippen LogP contribution in [0.3, 0.4) is 0 Å². The highest BCUT2D eigenvalue weighted by Gasteiger charge is 2.86. The third kappa shape index (κ3) is 1.86. The molecule has 1 N–H and O–H groups in total. The van der Waals surface area contributed by atoms with E-state index in [2.05, 4.69) is 10.3 Å². The summed E-state index contributed by atoms with van der Waals surface area (Å²) in [4.78, 5) is 16.7. The molecule has 1 spiro atoms. The van der Waals surface area contributed by atoms with Crippen LogP contribution in [0.2, 0.25) is 0 Å². The summed E-state index contributed by atoms with van der Waals surface area (Å²) in [6.45, 7) is 4.49. The van der Waals surface area contributed by atoms with Crippen molar-refractivity contribution in [2.75, 3.05) is 6.54 Å². The Morgan fingerprint density at radius 1 is 1.21 bits per heavy atom. The van der Waals surface area contributed by atoms with Gasteiger partial charge in [-0.25, -0.2) is 9.37 Å². The van der Waals surface area contributed by atoms with Gasteiger partial charge in [-0.2, -0.15) is 0 Å². The average Bonchev–Trinajstić information content (AvgIpc) is 2.55. The molecule has 0 saturated heterocycles. The molecule has 0 aromatic carbocycles. The Labute approximate surface area is 164 Å². The minimum atomic E-state index is -0.230. The summed E-state index contributed by atoms with van der Waals surface area (Å²) in [6, 6.07) is 1.51. The fraction of sp³-hybridized carbons (Fsp3) is 0.652. The zero-order valence-corrected chi connectivity index (χ0v) is 16.7. The fourth-order valence-corrected chi connectivity index (χ4v) is 8.15. The van der Waals surface area contributed by atoms with E-state index in [9.17, 15) is 9.18 Å². The van der Waals surface area contributed by atoms with Crippen molar-refractivity contribution in [3.8, 4) is 0 Å². The number of aryl methyl sites for hydroxylation is 2. The number of aromatic nitrogens is 2. The van der Waals surface area contributed by atoms with Crippen molar-refractivity contribution < 1.29 is 4.39 Å². The lowest BCUT2D eigenvalue weighted by molar-refractivity contribution is -0.433. The molecule has 6 rings (SSSR count). The van der Waals surface area contributed by atoms with Gasteiger partial charge in [-0.1, -0.05) is 0 Å². The molecular formula is C23H28FN3O. The molecule has 148 valence electrons. The van der Waals surface area contributed by atoms with Crippen LogP contribution in [-0.2, 0) is 0 Å². The number of rotatable bonds is 5. The van der Waals surface area contributed by atoms with Crippen molar-refractivity contribution >= 4 is 5.70 Å². The van der Waals surface area contributed by atoms with Gasteiger partial charge in [-0.15, -0.1) is 0 Å². The van der Waals surface area contributed by atoms with Gasteiger partial charge in [-0.05, 0) is 93.5 Å². The summed E-state index contributed by atoms with van der Waals surface area (Å²) in [5.74, 6) is 3.49. The van der Waals surface area contributed by atoms with Gasteiger partial charge in [-0.3, -0.25) is 9.36 Å². The molecule has 4 fully saturated rings. The van der Waals surface area contributed by atoms with Gasteiger partial charge in [0.15, 0.2) is 0 Å². The van der Waals surface area contributed by atoms with Gasteiger partial charge in [0.25, 0.3) is 5.56 Å². The molecule has 0 radical (unpaired) electrons. The van der Waals surface area contributed by atoms with Crippen molar-refractivity contribution in [1.82, 2.24) is 14.9 Å². The molecule has 5 heteroatoms. The normalized spacial score (nSPS) is 39.5. The number of nitrogens with one attached hydrogen (secondary N) is 1. The van der Waals surface area contributed by atoms with Gasteiger partial charge in [0, 0.05) is 29.7 Å². The minimum Gasteiger partial charge on any atom is -0.386 e. The highest BCUT2D eigenvalue weighted by Crippen LogP contribution is 2.93. The van der Waals surface area contributed by atoms with Crippen molar-refractivity contribution in [3.05, 3.63) is 45.5 Å². The first-order valence-corrected chi connectivity index (χ1v) is 10.9. The molecule has 0 aliphatic heterocycles. The first kappa shape index (κ1) is 17.0. The molecule has 1 aromatic heterocycles. The van der Waals surface area contributed by atoms with E-state index in [1.54, 1.807) is 13.8 Å². The standard InChI is InChI=1S/C23H28FN3O/c1-13-7-21(28)27(14(2)26-13)18-3-4-20(19(24)10-18)25-6-5-22-11-16-8-15-9-17(12-22)23(15,16)22/h7,10,15-17,25H,3-6,8-9,11-12H2,1-2H3. The summed E-state index contributed by atoms with van der Waals surface area (Å²) in [7, 11) is 0. The molecular weight excluding hydrogens is 353 g/mol. The van der Waals surface area contributed by atoms with Crippen molar-refractivity contribution in [1.29, 1.82) is 0 Å². The third-order valence-corrected chi connectivity index (χ3v) is 9.01. The smallest absolute Gasteiger partial charge is 0.258 e. The van der Waals surface area contributed by atoms with Gasteiger partial charge in [0.1, 0.15) is 11.7 Å². The molecule has 4 nitrogen and oxygen atoms in total. The maximum atomic E-state index is 14.8. The number of hydrogen-bond acceptors (Lipinski definition) is 3. The lowest BCUT2D eigenvalue weighted by atomic mass is 9.13. The molecule has 5 aliphatic rings. The Hall–Kier alpha value is -1.91. The van der Waals surface area contributed by atoms with Crippen LogP contribution in [0.1, 0.15) is 56.5 Å². The quantitative estimate of drug-likeness (QED) is 0.836. The molecule has 2 atom stereocenters. The van der Waals surface area contributed by atoms with Crippen LogP contribution in [0.15, 0.2) is 28.5 Å².